The third kappa shape index (κ3) is 6.94. The highest BCUT2D eigenvalue weighted by atomic mass is 33.1. The number of para-hydroxylation sites is 1. The summed E-state index contributed by atoms with van der Waals surface area (Å²) in [5, 5.41) is 2.26. The van der Waals surface area contributed by atoms with Gasteiger partial charge in [0, 0.05) is 53.1 Å². The highest BCUT2D eigenvalue weighted by Crippen LogP contribution is 2.26. The SMILES string of the molecule is CC.Cc1cnc2n1-c1ccccc1C(c1ccccc1)=NC2.O=C1CN(C2CCN(C(=O)NSS)CC2)C(=O)N1. The van der Waals surface area contributed by atoms with Crippen LogP contribution in [0.2, 0.25) is 0 Å². The second kappa shape index (κ2) is 14.2. The molecule has 3 aromatic rings. The smallest absolute Gasteiger partial charge is 0.324 e. The van der Waals surface area contributed by atoms with Crippen molar-refractivity contribution in [2.45, 2.75) is 46.2 Å². The number of hydrogen-bond acceptors (Lipinski definition) is 7. The standard InChI is InChI=1S/C18H15N3.C9H14N4O3S2.C2H6/c1-13-11-19-17-12-20-18(14-7-3-2-4-8-14)15-9-5-6-10-16(15)21(13)17;14-7-5-13(8(15)10-7)6-1-3-12(4-2-6)9(16)11-18-17;1-2/h2-11H,12H2,1H3;6,17H,1-5H2,(H,11,16)(H,10,14,15);1-2H3. The van der Waals surface area contributed by atoms with Crippen molar-refractivity contribution in [1.29, 1.82) is 0 Å². The predicted molar refractivity (Wildman–Crippen MR) is 165 cm³/mol. The lowest BCUT2D eigenvalue weighted by Gasteiger charge is -2.35. The number of amides is 5. The number of nitrogens with one attached hydrogen (secondary N) is 2. The number of imidazole rings is 1. The summed E-state index contributed by atoms with van der Waals surface area (Å²) in [5.74, 6) is 0.734. The van der Waals surface area contributed by atoms with E-state index in [9.17, 15) is 14.4 Å². The Labute approximate surface area is 249 Å². The lowest BCUT2D eigenvalue weighted by Crippen LogP contribution is -2.49. The molecule has 3 aliphatic heterocycles. The number of aliphatic imine (C=N–C) groups is 1. The van der Waals surface area contributed by atoms with Crippen molar-refractivity contribution in [1.82, 2.24) is 29.4 Å². The second-order valence-corrected chi connectivity index (χ2v) is 10.3. The minimum Gasteiger partial charge on any atom is -0.324 e. The maximum Gasteiger partial charge on any atom is 0.328 e. The van der Waals surface area contributed by atoms with Crippen LogP contribution in [0.1, 0.15) is 49.3 Å². The number of carbonyl (C=O) groups excluding carboxylic acids is 3. The molecule has 2 aromatic carbocycles. The van der Waals surface area contributed by atoms with Crippen LogP contribution in [0.3, 0.4) is 0 Å². The maximum absolute atomic E-state index is 11.5. The first-order chi connectivity index (χ1) is 20.0. The van der Waals surface area contributed by atoms with E-state index in [-0.39, 0.29) is 30.6 Å². The molecule has 12 heteroatoms. The van der Waals surface area contributed by atoms with Crippen LogP contribution >= 0.6 is 22.6 Å². The number of hydrogen-bond donors (Lipinski definition) is 3. The molecule has 3 aliphatic rings. The Bertz CT molecular complexity index is 1400. The maximum atomic E-state index is 11.5. The number of rotatable bonds is 3. The third-order valence-electron chi connectivity index (χ3n) is 6.98. The number of imide groups is 1. The first kappa shape index (κ1) is 30.2. The van der Waals surface area contributed by atoms with Gasteiger partial charge in [-0.25, -0.2) is 14.6 Å². The molecule has 2 fully saturated rings. The number of carbonyl (C=O) groups is 3. The average Bonchev–Trinajstić information content (AvgIpc) is 3.49. The van der Waals surface area contributed by atoms with Crippen molar-refractivity contribution in [3.63, 3.8) is 0 Å². The zero-order valence-electron chi connectivity index (χ0n) is 23.4. The number of benzene rings is 2. The lowest BCUT2D eigenvalue weighted by atomic mass is 10.0. The van der Waals surface area contributed by atoms with Gasteiger partial charge in [0.15, 0.2) is 0 Å². The Morgan fingerprint density at radius 3 is 2.39 bits per heavy atom. The fourth-order valence-electron chi connectivity index (χ4n) is 5.11. The van der Waals surface area contributed by atoms with Gasteiger partial charge in [-0.1, -0.05) is 74.0 Å². The van der Waals surface area contributed by atoms with Crippen LogP contribution in [0.25, 0.3) is 5.69 Å². The molecule has 10 nitrogen and oxygen atoms in total. The van der Waals surface area contributed by atoms with E-state index in [1.807, 2.05) is 26.1 Å². The third-order valence-corrected chi connectivity index (χ3v) is 7.52. The second-order valence-electron chi connectivity index (χ2n) is 9.40. The van der Waals surface area contributed by atoms with Crippen LogP contribution in [0.5, 0.6) is 0 Å². The number of aryl methyl sites for hydroxylation is 1. The van der Waals surface area contributed by atoms with Crippen molar-refractivity contribution in [3.05, 3.63) is 83.4 Å². The van der Waals surface area contributed by atoms with Crippen molar-refractivity contribution in [3.8, 4) is 5.69 Å². The molecule has 4 heterocycles. The molecule has 2 saturated heterocycles. The van der Waals surface area contributed by atoms with Crippen molar-refractivity contribution >= 4 is 46.3 Å². The molecule has 0 radical (unpaired) electrons. The molecular weight excluding hydrogens is 558 g/mol. The number of fused-ring (bicyclic) bond motifs is 3. The van der Waals surface area contributed by atoms with E-state index in [1.165, 1.54) is 0 Å². The molecule has 0 unspecified atom stereocenters. The van der Waals surface area contributed by atoms with Crippen molar-refractivity contribution in [2.75, 3.05) is 19.6 Å². The fourth-order valence-corrected chi connectivity index (χ4v) is 5.55. The number of urea groups is 2. The number of piperidine rings is 1. The van der Waals surface area contributed by atoms with Crippen LogP contribution < -0.4 is 10.0 Å². The molecule has 0 atom stereocenters. The van der Waals surface area contributed by atoms with E-state index in [1.54, 1.807) is 9.80 Å². The normalized spacial score (nSPS) is 16.1. The molecule has 0 aliphatic carbocycles. The largest absolute Gasteiger partial charge is 0.328 e. The van der Waals surface area contributed by atoms with Crippen LogP contribution in [0.4, 0.5) is 9.59 Å². The Balaban J connectivity index is 0.000000181. The predicted octanol–water partition coefficient (Wildman–Crippen LogP) is 4.76. The topological polar surface area (TPSA) is 112 Å². The van der Waals surface area contributed by atoms with Gasteiger partial charge in [0.1, 0.15) is 12.4 Å². The minimum atomic E-state index is -0.325. The van der Waals surface area contributed by atoms with Crippen LogP contribution in [-0.4, -0.2) is 68.7 Å². The Morgan fingerprint density at radius 1 is 1.05 bits per heavy atom. The van der Waals surface area contributed by atoms with Gasteiger partial charge in [0.25, 0.3) is 0 Å². The van der Waals surface area contributed by atoms with E-state index in [0.29, 0.717) is 32.5 Å². The molecule has 0 bridgehead atoms. The molecular formula is C29H35N7O3S2. The Morgan fingerprint density at radius 2 is 1.73 bits per heavy atom. The molecule has 0 spiro atoms. The van der Waals surface area contributed by atoms with E-state index in [0.717, 1.165) is 45.0 Å². The molecule has 5 amide bonds. The highest BCUT2D eigenvalue weighted by molar-refractivity contribution is 8.68. The molecule has 41 heavy (non-hydrogen) atoms. The quantitative estimate of drug-likeness (QED) is 0.175. The van der Waals surface area contributed by atoms with Gasteiger partial charge in [-0.3, -0.25) is 24.4 Å². The summed E-state index contributed by atoms with van der Waals surface area (Å²) in [6.07, 6.45) is 3.28. The summed E-state index contributed by atoms with van der Waals surface area (Å²) in [6.45, 7) is 7.96. The Hall–Kier alpha value is -3.77. The van der Waals surface area contributed by atoms with Crippen LogP contribution in [0, 0.1) is 6.92 Å². The van der Waals surface area contributed by atoms with Gasteiger partial charge in [-0.05, 0) is 25.8 Å². The van der Waals surface area contributed by atoms with Crippen LogP contribution in [-0.2, 0) is 11.3 Å². The van der Waals surface area contributed by atoms with Crippen molar-refractivity contribution < 1.29 is 14.4 Å². The number of aromatic nitrogens is 2. The summed E-state index contributed by atoms with van der Waals surface area (Å²) in [7, 11) is 0.964. The fraction of sp³-hybridized carbons (Fsp3) is 0.345. The molecule has 2 N–H and O–H groups in total. The zero-order chi connectivity index (χ0) is 29.4. The highest BCUT2D eigenvalue weighted by Gasteiger charge is 2.35. The first-order valence-electron chi connectivity index (χ1n) is 13.6. The van der Waals surface area contributed by atoms with E-state index < -0.39 is 0 Å². The monoisotopic (exact) mass is 593 g/mol. The number of likely N-dealkylation sites (tertiary alicyclic amines) is 1. The average molecular weight is 594 g/mol. The summed E-state index contributed by atoms with van der Waals surface area (Å²) in [4.78, 5) is 46.7. The number of thiol groups is 1. The minimum absolute atomic E-state index is 0.0316. The molecule has 216 valence electrons. The van der Waals surface area contributed by atoms with Gasteiger partial charge in [0.05, 0.1) is 17.9 Å². The van der Waals surface area contributed by atoms with Crippen LogP contribution in [0.15, 0.2) is 65.8 Å². The van der Waals surface area contributed by atoms with Gasteiger partial charge in [0.2, 0.25) is 5.91 Å². The summed E-state index contributed by atoms with van der Waals surface area (Å²) in [5.41, 5.74) is 5.64. The van der Waals surface area contributed by atoms with E-state index in [4.69, 9.17) is 4.99 Å². The van der Waals surface area contributed by atoms with E-state index in [2.05, 4.69) is 86.7 Å². The van der Waals surface area contributed by atoms with E-state index >= 15 is 0 Å². The summed E-state index contributed by atoms with van der Waals surface area (Å²) >= 11 is 3.85. The van der Waals surface area contributed by atoms with Crippen molar-refractivity contribution in [2.24, 2.45) is 4.99 Å². The molecule has 6 rings (SSSR count). The molecule has 1 aromatic heterocycles. The molecule has 0 saturated carbocycles. The Kier molecular flexibility index (Phi) is 10.5. The zero-order valence-corrected chi connectivity index (χ0v) is 25.1. The number of nitrogens with zero attached hydrogens (tertiary/aromatic N) is 5. The summed E-state index contributed by atoms with van der Waals surface area (Å²) < 4.78 is 4.74. The lowest BCUT2D eigenvalue weighted by molar-refractivity contribution is -0.118. The van der Waals surface area contributed by atoms with Gasteiger partial charge in [-0.2, -0.15) is 0 Å². The first-order valence-corrected chi connectivity index (χ1v) is 15.5. The van der Waals surface area contributed by atoms with Gasteiger partial charge >= 0.3 is 12.1 Å². The van der Waals surface area contributed by atoms with Gasteiger partial charge < -0.3 is 9.80 Å². The summed E-state index contributed by atoms with van der Waals surface area (Å²) in [6, 6.07) is 18.3. The van der Waals surface area contributed by atoms with Gasteiger partial charge in [-0.15, -0.1) is 0 Å².